The van der Waals surface area contributed by atoms with Crippen LogP contribution in [0.2, 0.25) is 0 Å². The van der Waals surface area contributed by atoms with E-state index in [1.54, 1.807) is 13.0 Å². The van der Waals surface area contributed by atoms with Gasteiger partial charge in [-0.3, -0.25) is 0 Å². The third kappa shape index (κ3) is 10.3. The van der Waals surface area contributed by atoms with Gasteiger partial charge in [-0.15, -0.1) is 0 Å². The summed E-state index contributed by atoms with van der Waals surface area (Å²) in [4.78, 5) is 0. The van der Waals surface area contributed by atoms with Gasteiger partial charge < -0.3 is 20.4 Å². The van der Waals surface area contributed by atoms with Gasteiger partial charge in [-0.2, -0.15) is 0 Å². The SMILES string of the molecule is CC1=C(C#C/C(C)=C/C=C/C(C)=C/C=C/C=C(C)/C=C/C=C(C)/C=C/[C@@]2(O)C(C)(C)C[C@H](O)C[C@@]2(C)O)C(C)(C)C[C@H](O)C1. The zero-order valence-corrected chi connectivity index (χ0v) is 28.7. The highest BCUT2D eigenvalue weighted by molar-refractivity contribution is 5.45. The van der Waals surface area contributed by atoms with Crippen LogP contribution >= 0.6 is 0 Å². The lowest BCUT2D eigenvalue weighted by atomic mass is 9.57. The van der Waals surface area contributed by atoms with Crippen molar-refractivity contribution >= 4 is 0 Å². The quantitative estimate of drug-likeness (QED) is 0.167. The number of allylic oxidation sites excluding steroid dienone is 16. The van der Waals surface area contributed by atoms with E-state index in [9.17, 15) is 20.4 Å². The second-order valence-electron chi connectivity index (χ2n) is 14.4. The molecule has 2 aliphatic rings. The summed E-state index contributed by atoms with van der Waals surface area (Å²) in [6.07, 6.45) is 24.8. The highest BCUT2D eigenvalue weighted by Crippen LogP contribution is 2.50. The summed E-state index contributed by atoms with van der Waals surface area (Å²) in [5.74, 6) is 6.65. The number of rotatable bonds is 8. The van der Waals surface area contributed by atoms with Crippen molar-refractivity contribution in [1.29, 1.82) is 0 Å². The van der Waals surface area contributed by atoms with Crippen molar-refractivity contribution in [3.63, 3.8) is 0 Å². The van der Waals surface area contributed by atoms with Crippen LogP contribution in [-0.2, 0) is 0 Å². The third-order valence-electron chi connectivity index (χ3n) is 8.85. The van der Waals surface area contributed by atoms with E-state index >= 15 is 0 Å². The van der Waals surface area contributed by atoms with Gasteiger partial charge >= 0.3 is 0 Å². The first kappa shape index (κ1) is 37.2. The molecule has 0 spiro atoms. The molecule has 2 aliphatic carbocycles. The van der Waals surface area contributed by atoms with Crippen molar-refractivity contribution in [3.8, 4) is 11.8 Å². The minimum absolute atomic E-state index is 0.0983. The fraction of sp³-hybridized carbons (Fsp3) is 0.500. The lowest BCUT2D eigenvalue weighted by Crippen LogP contribution is -2.65. The van der Waals surface area contributed by atoms with Crippen LogP contribution in [-0.4, -0.2) is 43.8 Å². The van der Waals surface area contributed by atoms with Crippen LogP contribution in [0.1, 0.15) is 94.9 Å². The maximum atomic E-state index is 11.4. The van der Waals surface area contributed by atoms with Crippen molar-refractivity contribution < 1.29 is 20.4 Å². The lowest BCUT2D eigenvalue weighted by molar-refractivity contribution is -0.216. The van der Waals surface area contributed by atoms with E-state index in [2.05, 4.69) is 51.7 Å². The predicted octanol–water partition coefficient (Wildman–Crippen LogP) is 8.16. The summed E-state index contributed by atoms with van der Waals surface area (Å²) in [6, 6.07) is 0. The van der Waals surface area contributed by atoms with Crippen LogP contribution < -0.4 is 0 Å². The Morgan fingerprint density at radius 3 is 1.77 bits per heavy atom. The van der Waals surface area contributed by atoms with Crippen LogP contribution in [0.15, 0.2) is 106 Å². The van der Waals surface area contributed by atoms with Crippen LogP contribution in [0.25, 0.3) is 0 Å². The number of aliphatic hydroxyl groups is 4. The van der Waals surface area contributed by atoms with Gasteiger partial charge in [0.15, 0.2) is 0 Å². The summed E-state index contributed by atoms with van der Waals surface area (Å²) >= 11 is 0. The van der Waals surface area contributed by atoms with Crippen molar-refractivity contribution in [2.24, 2.45) is 10.8 Å². The van der Waals surface area contributed by atoms with Gasteiger partial charge in [0.05, 0.1) is 17.8 Å². The molecule has 0 aromatic heterocycles. The molecule has 1 fully saturated rings. The molecule has 0 aromatic rings. The Morgan fingerprint density at radius 1 is 0.705 bits per heavy atom. The monoisotopic (exact) mass is 600 g/mol. The molecular formula is C40H56O4. The summed E-state index contributed by atoms with van der Waals surface area (Å²) in [5.41, 5.74) is 2.87. The first-order valence-corrected chi connectivity index (χ1v) is 15.7. The molecule has 4 atom stereocenters. The van der Waals surface area contributed by atoms with Gasteiger partial charge in [0.2, 0.25) is 0 Å². The van der Waals surface area contributed by atoms with E-state index in [0.717, 1.165) is 34.3 Å². The lowest BCUT2D eigenvalue weighted by Gasteiger charge is -2.54. The highest BCUT2D eigenvalue weighted by Gasteiger charge is 2.58. The van der Waals surface area contributed by atoms with E-state index in [1.165, 1.54) is 5.57 Å². The van der Waals surface area contributed by atoms with E-state index < -0.39 is 22.7 Å². The molecule has 44 heavy (non-hydrogen) atoms. The van der Waals surface area contributed by atoms with Crippen molar-refractivity contribution in [2.45, 2.75) is 118 Å². The van der Waals surface area contributed by atoms with Crippen LogP contribution in [0.3, 0.4) is 0 Å². The topological polar surface area (TPSA) is 80.9 Å². The van der Waals surface area contributed by atoms with Crippen LogP contribution in [0, 0.1) is 22.7 Å². The average molecular weight is 601 g/mol. The molecule has 0 bridgehead atoms. The molecule has 0 aliphatic heterocycles. The molecule has 4 N–H and O–H groups in total. The van der Waals surface area contributed by atoms with Gasteiger partial charge in [0.25, 0.3) is 0 Å². The Labute approximate surface area is 267 Å². The zero-order valence-electron chi connectivity index (χ0n) is 28.7. The molecule has 240 valence electrons. The first-order valence-electron chi connectivity index (χ1n) is 15.7. The molecular weight excluding hydrogens is 544 g/mol. The minimum atomic E-state index is -1.45. The molecule has 0 heterocycles. The molecule has 1 saturated carbocycles. The van der Waals surface area contributed by atoms with E-state index in [4.69, 9.17) is 0 Å². The number of hydrogen-bond donors (Lipinski definition) is 4. The average Bonchev–Trinajstić information content (AvgIpc) is 2.87. The fourth-order valence-electron chi connectivity index (χ4n) is 6.37. The van der Waals surface area contributed by atoms with E-state index in [0.29, 0.717) is 12.8 Å². The van der Waals surface area contributed by atoms with Crippen molar-refractivity contribution in [3.05, 3.63) is 106 Å². The largest absolute Gasteiger partial charge is 0.393 e. The number of hydrogen-bond acceptors (Lipinski definition) is 4. The highest BCUT2D eigenvalue weighted by atomic mass is 16.4. The smallest absolute Gasteiger partial charge is 0.117 e. The molecule has 4 heteroatoms. The fourth-order valence-corrected chi connectivity index (χ4v) is 6.37. The standard InChI is InChI=1S/C40H56O4/c1-29(17-13-19-31(3)21-22-36-33(5)25-34(41)26-37(36,6)7)15-11-12-16-30(2)18-14-20-32(4)23-24-40(44)38(8,9)27-35(42)28-39(40,10)43/h11-20,23-24,34-35,41-44H,25-28H2,1-10H3/b12-11+,17-13+,18-14+,24-23+,29-15+,30-16+,31-19+,32-20+/t34-,35+,39-,40-/m1/s1. The second kappa shape index (κ2) is 15.4. The third-order valence-corrected chi connectivity index (χ3v) is 8.85. The molecule has 0 unspecified atom stereocenters. The Kier molecular flexibility index (Phi) is 13.0. The number of aliphatic hydroxyl groups excluding tert-OH is 2. The molecule has 2 rings (SSSR count). The zero-order chi connectivity index (χ0) is 33.3. The van der Waals surface area contributed by atoms with Crippen LogP contribution in [0.4, 0.5) is 0 Å². The Balaban J connectivity index is 1.96. The maximum absolute atomic E-state index is 11.4. The molecule has 0 radical (unpaired) electrons. The minimum Gasteiger partial charge on any atom is -0.393 e. The van der Waals surface area contributed by atoms with Crippen molar-refractivity contribution in [1.82, 2.24) is 0 Å². The molecule has 0 aromatic carbocycles. The second-order valence-corrected chi connectivity index (χ2v) is 14.4. The maximum Gasteiger partial charge on any atom is 0.117 e. The molecule has 4 nitrogen and oxygen atoms in total. The van der Waals surface area contributed by atoms with Gasteiger partial charge in [0.1, 0.15) is 5.60 Å². The Morgan fingerprint density at radius 2 is 1.23 bits per heavy atom. The Hall–Kier alpha value is -2.94. The van der Waals surface area contributed by atoms with Gasteiger partial charge in [-0.05, 0) is 72.5 Å². The summed E-state index contributed by atoms with van der Waals surface area (Å²) in [7, 11) is 0. The van der Waals surface area contributed by atoms with Crippen molar-refractivity contribution in [2.75, 3.05) is 0 Å². The summed E-state index contributed by atoms with van der Waals surface area (Å²) in [6.45, 7) is 19.8. The summed E-state index contributed by atoms with van der Waals surface area (Å²) < 4.78 is 0. The first-order chi connectivity index (χ1) is 20.3. The van der Waals surface area contributed by atoms with Gasteiger partial charge in [-0.1, -0.05) is 129 Å². The Bertz CT molecular complexity index is 1350. The van der Waals surface area contributed by atoms with Gasteiger partial charge in [-0.25, -0.2) is 0 Å². The van der Waals surface area contributed by atoms with E-state index in [1.807, 2.05) is 89.3 Å². The van der Waals surface area contributed by atoms with E-state index in [-0.39, 0.29) is 17.9 Å². The van der Waals surface area contributed by atoms with Gasteiger partial charge in [0, 0.05) is 22.8 Å². The summed E-state index contributed by atoms with van der Waals surface area (Å²) in [5, 5.41) is 42.6. The normalized spacial score (nSPS) is 30.6. The predicted molar refractivity (Wildman–Crippen MR) is 186 cm³/mol. The molecule has 0 amide bonds. The van der Waals surface area contributed by atoms with Crippen LogP contribution in [0.5, 0.6) is 0 Å². The molecule has 0 saturated heterocycles.